The van der Waals surface area contributed by atoms with Gasteiger partial charge in [-0.05, 0) is 29.7 Å². The van der Waals surface area contributed by atoms with Crippen molar-refractivity contribution in [1.29, 1.82) is 0 Å². The molecule has 1 spiro atoms. The minimum absolute atomic E-state index is 0.00278. The normalized spacial score (nSPS) is 45.6. The third-order valence-corrected chi connectivity index (χ3v) is 8.20. The van der Waals surface area contributed by atoms with Crippen molar-refractivity contribution in [1.82, 2.24) is 0 Å². The Bertz CT molecular complexity index is 786. The quantitative estimate of drug-likeness (QED) is 0.410. The fraction of sp³-hybridized carbons (Fsp3) is 0.773. The number of fused-ring (bicyclic) bond motifs is 3. The van der Waals surface area contributed by atoms with E-state index in [1.54, 1.807) is 0 Å². The standard InChI is InChI=1S/C22H30O7/c1-11-13-5-14(25)18-21(7-13,19(11)27)16(26)6-17-22(18,10-28-12(2)24)15(8-23)20(3,4)9-29-17/h13-15,17-18,23,25H,1,5-10H2,2-4H3. The van der Waals surface area contributed by atoms with Crippen LogP contribution in [0.2, 0.25) is 0 Å². The van der Waals surface area contributed by atoms with Crippen molar-refractivity contribution >= 4 is 17.5 Å². The van der Waals surface area contributed by atoms with Crippen LogP contribution in [-0.2, 0) is 23.9 Å². The Kier molecular flexibility index (Phi) is 4.61. The largest absolute Gasteiger partial charge is 0.465 e. The van der Waals surface area contributed by atoms with Crippen LogP contribution in [0.15, 0.2) is 12.2 Å². The lowest BCUT2D eigenvalue weighted by atomic mass is 9.42. The lowest BCUT2D eigenvalue weighted by Gasteiger charge is -2.64. The molecule has 0 aromatic heterocycles. The number of hydrogen-bond acceptors (Lipinski definition) is 7. The van der Waals surface area contributed by atoms with Crippen LogP contribution in [0.4, 0.5) is 0 Å². The van der Waals surface area contributed by atoms with Gasteiger partial charge >= 0.3 is 5.97 Å². The van der Waals surface area contributed by atoms with Crippen LogP contribution < -0.4 is 0 Å². The van der Waals surface area contributed by atoms with E-state index in [1.165, 1.54) is 6.92 Å². The Morgan fingerprint density at radius 2 is 2.03 bits per heavy atom. The Morgan fingerprint density at radius 3 is 2.66 bits per heavy atom. The van der Waals surface area contributed by atoms with Gasteiger partial charge in [-0.2, -0.15) is 0 Å². The van der Waals surface area contributed by atoms with E-state index >= 15 is 0 Å². The lowest BCUT2D eigenvalue weighted by molar-refractivity contribution is -0.273. The maximum atomic E-state index is 13.4. The number of ether oxygens (including phenoxy) is 2. The second-order valence-corrected chi connectivity index (χ2v) is 10.1. The average molecular weight is 406 g/mol. The molecule has 0 aromatic carbocycles. The number of carbonyl (C=O) groups is 3. The van der Waals surface area contributed by atoms with E-state index in [0.717, 1.165) is 0 Å². The molecule has 2 N–H and O–H groups in total. The topological polar surface area (TPSA) is 110 Å². The molecule has 7 unspecified atom stereocenters. The Morgan fingerprint density at radius 1 is 1.34 bits per heavy atom. The van der Waals surface area contributed by atoms with Crippen LogP contribution in [-0.4, -0.2) is 59.8 Å². The summed E-state index contributed by atoms with van der Waals surface area (Å²) in [6, 6.07) is 0. The van der Waals surface area contributed by atoms with E-state index in [-0.39, 0.29) is 37.1 Å². The lowest BCUT2D eigenvalue weighted by Crippen LogP contribution is -2.72. The van der Waals surface area contributed by atoms with Gasteiger partial charge in [0.25, 0.3) is 0 Å². The number of ketones is 2. The molecule has 7 heteroatoms. The van der Waals surface area contributed by atoms with Crippen LogP contribution >= 0.6 is 0 Å². The molecular formula is C22H30O7. The summed E-state index contributed by atoms with van der Waals surface area (Å²) < 4.78 is 11.6. The summed E-state index contributed by atoms with van der Waals surface area (Å²) in [6.45, 7) is 9.13. The zero-order valence-electron chi connectivity index (χ0n) is 17.3. The molecule has 3 aliphatic carbocycles. The third-order valence-electron chi connectivity index (χ3n) is 8.20. The molecule has 1 aliphatic heterocycles. The number of aliphatic hydroxyl groups excluding tert-OH is 2. The van der Waals surface area contributed by atoms with Crippen LogP contribution in [0.25, 0.3) is 0 Å². The fourth-order valence-electron chi connectivity index (χ4n) is 7.02. The van der Waals surface area contributed by atoms with Gasteiger partial charge < -0.3 is 19.7 Å². The summed E-state index contributed by atoms with van der Waals surface area (Å²) in [5.74, 6) is -2.44. The van der Waals surface area contributed by atoms with Crippen LogP contribution in [0, 0.1) is 34.0 Å². The number of esters is 1. The number of rotatable bonds is 3. The summed E-state index contributed by atoms with van der Waals surface area (Å²) >= 11 is 0. The van der Waals surface area contributed by atoms with E-state index in [9.17, 15) is 24.6 Å². The molecule has 3 saturated carbocycles. The van der Waals surface area contributed by atoms with Crippen molar-refractivity contribution in [3.8, 4) is 0 Å². The Balaban J connectivity index is 1.95. The van der Waals surface area contributed by atoms with Gasteiger partial charge in [0.15, 0.2) is 5.78 Å². The number of aliphatic hydroxyl groups is 2. The van der Waals surface area contributed by atoms with Gasteiger partial charge in [-0.25, -0.2) is 0 Å². The minimum Gasteiger partial charge on any atom is -0.465 e. The molecule has 1 saturated heterocycles. The third kappa shape index (κ3) is 2.50. The smallest absolute Gasteiger partial charge is 0.302 e. The first-order valence-electron chi connectivity index (χ1n) is 10.3. The summed E-state index contributed by atoms with van der Waals surface area (Å²) in [4.78, 5) is 38.5. The average Bonchev–Trinajstić information content (AvgIpc) is 2.83. The highest BCUT2D eigenvalue weighted by atomic mass is 16.5. The van der Waals surface area contributed by atoms with E-state index in [0.29, 0.717) is 25.0 Å². The zero-order valence-corrected chi connectivity index (χ0v) is 17.3. The summed E-state index contributed by atoms with van der Waals surface area (Å²) in [5.41, 5.74) is -2.51. The molecule has 4 rings (SSSR count). The van der Waals surface area contributed by atoms with E-state index < -0.39 is 46.3 Å². The van der Waals surface area contributed by atoms with Crippen molar-refractivity contribution in [3.63, 3.8) is 0 Å². The Labute approximate surface area is 170 Å². The van der Waals surface area contributed by atoms with Crippen molar-refractivity contribution in [3.05, 3.63) is 12.2 Å². The van der Waals surface area contributed by atoms with Gasteiger partial charge in [-0.15, -0.1) is 0 Å². The molecule has 7 atom stereocenters. The summed E-state index contributed by atoms with van der Waals surface area (Å²) in [7, 11) is 0. The molecule has 0 amide bonds. The van der Waals surface area contributed by atoms with Gasteiger partial charge in [-0.3, -0.25) is 14.4 Å². The van der Waals surface area contributed by atoms with Crippen LogP contribution in [0.5, 0.6) is 0 Å². The number of hydrogen-bond donors (Lipinski definition) is 2. The van der Waals surface area contributed by atoms with Gasteiger partial charge in [0.05, 0.1) is 24.2 Å². The molecule has 29 heavy (non-hydrogen) atoms. The van der Waals surface area contributed by atoms with Gasteiger partial charge in [-0.1, -0.05) is 20.4 Å². The highest BCUT2D eigenvalue weighted by Crippen LogP contribution is 2.68. The van der Waals surface area contributed by atoms with Crippen molar-refractivity contribution in [2.45, 2.75) is 52.2 Å². The van der Waals surface area contributed by atoms with Crippen molar-refractivity contribution in [2.75, 3.05) is 19.8 Å². The van der Waals surface area contributed by atoms with Gasteiger partial charge in [0.1, 0.15) is 12.4 Å². The first-order valence-corrected chi connectivity index (χ1v) is 10.3. The van der Waals surface area contributed by atoms with Gasteiger partial charge in [0, 0.05) is 37.2 Å². The first kappa shape index (κ1) is 20.7. The molecule has 4 aliphatic rings. The highest BCUT2D eigenvalue weighted by Gasteiger charge is 2.76. The predicted octanol–water partition coefficient (Wildman–Crippen LogP) is 1.05. The highest BCUT2D eigenvalue weighted by molar-refractivity contribution is 6.17. The molecule has 4 fully saturated rings. The second kappa shape index (κ2) is 6.46. The second-order valence-electron chi connectivity index (χ2n) is 10.1. The molecule has 1 heterocycles. The minimum atomic E-state index is -1.37. The maximum absolute atomic E-state index is 13.4. The predicted molar refractivity (Wildman–Crippen MR) is 102 cm³/mol. The van der Waals surface area contributed by atoms with Crippen molar-refractivity contribution in [2.24, 2.45) is 34.0 Å². The molecule has 0 radical (unpaired) electrons. The number of allylic oxidation sites excluding steroid dienone is 1. The molecule has 7 nitrogen and oxygen atoms in total. The van der Waals surface area contributed by atoms with Crippen molar-refractivity contribution < 1.29 is 34.1 Å². The zero-order chi connectivity index (χ0) is 21.4. The first-order chi connectivity index (χ1) is 13.5. The number of Topliss-reactive ketones (excluding diaryl/α,β-unsaturated/α-hetero) is 2. The monoisotopic (exact) mass is 406 g/mol. The Hall–Kier alpha value is -1.57. The van der Waals surface area contributed by atoms with Crippen LogP contribution in [0.3, 0.4) is 0 Å². The SMILES string of the molecule is C=C1C(=O)C23CC1CC(O)C2C1(COC(C)=O)C(CC3=O)OCC(C)(C)C1CO. The summed E-state index contributed by atoms with van der Waals surface area (Å²) in [5, 5.41) is 21.7. The molecule has 0 aromatic rings. The summed E-state index contributed by atoms with van der Waals surface area (Å²) in [6.07, 6.45) is -0.924. The molecule has 2 bridgehead atoms. The number of carbonyl (C=O) groups excluding carboxylic acids is 3. The van der Waals surface area contributed by atoms with E-state index in [1.807, 2.05) is 13.8 Å². The maximum Gasteiger partial charge on any atom is 0.302 e. The van der Waals surface area contributed by atoms with Gasteiger partial charge in [0.2, 0.25) is 0 Å². The molecular weight excluding hydrogens is 376 g/mol. The molecule has 160 valence electrons. The fourth-order valence-corrected chi connectivity index (χ4v) is 7.02. The van der Waals surface area contributed by atoms with E-state index in [4.69, 9.17) is 9.47 Å². The van der Waals surface area contributed by atoms with E-state index in [2.05, 4.69) is 6.58 Å². The van der Waals surface area contributed by atoms with Crippen LogP contribution in [0.1, 0.15) is 40.0 Å².